The van der Waals surface area contributed by atoms with Crippen molar-refractivity contribution in [2.75, 3.05) is 52.2 Å². The third-order valence-corrected chi connectivity index (χ3v) is 6.10. The SMILES string of the molecule is COc1cc(C=C(c2ccc(N(C)C)cc2)c2ccc(N(C)C)cc2)c(OC)c2ccccc12. The van der Waals surface area contributed by atoms with Crippen LogP contribution in [0, 0.1) is 0 Å². The van der Waals surface area contributed by atoms with E-state index in [2.05, 4.69) is 111 Å². The highest BCUT2D eigenvalue weighted by Crippen LogP contribution is 2.39. The number of hydrogen-bond acceptors (Lipinski definition) is 4. The minimum atomic E-state index is 0.827. The van der Waals surface area contributed by atoms with Gasteiger partial charge in [-0.25, -0.2) is 0 Å². The second-order valence-electron chi connectivity index (χ2n) is 8.69. The van der Waals surface area contributed by atoms with Crippen LogP contribution in [0.5, 0.6) is 11.5 Å². The molecular weight excluding hydrogens is 420 g/mol. The molecule has 0 radical (unpaired) electrons. The Hall–Kier alpha value is -3.92. The summed E-state index contributed by atoms with van der Waals surface area (Å²) in [5, 5.41) is 2.06. The molecule has 0 saturated heterocycles. The van der Waals surface area contributed by atoms with Gasteiger partial charge in [0.15, 0.2) is 0 Å². The lowest BCUT2D eigenvalue weighted by Gasteiger charge is -2.17. The van der Waals surface area contributed by atoms with Gasteiger partial charge in [0.2, 0.25) is 0 Å². The molecule has 4 aromatic rings. The molecule has 4 rings (SSSR count). The number of methoxy groups -OCH3 is 2. The predicted molar refractivity (Wildman–Crippen MR) is 146 cm³/mol. The Labute approximate surface area is 202 Å². The maximum atomic E-state index is 5.92. The van der Waals surface area contributed by atoms with Gasteiger partial charge < -0.3 is 19.3 Å². The van der Waals surface area contributed by atoms with Gasteiger partial charge >= 0.3 is 0 Å². The third kappa shape index (κ3) is 4.58. The maximum absolute atomic E-state index is 5.92. The van der Waals surface area contributed by atoms with Crippen LogP contribution >= 0.6 is 0 Å². The van der Waals surface area contributed by atoms with Gasteiger partial charge in [0.25, 0.3) is 0 Å². The molecule has 0 unspecified atom stereocenters. The summed E-state index contributed by atoms with van der Waals surface area (Å²) >= 11 is 0. The van der Waals surface area contributed by atoms with E-state index in [9.17, 15) is 0 Å². The van der Waals surface area contributed by atoms with Gasteiger partial charge in [-0.2, -0.15) is 0 Å². The first-order chi connectivity index (χ1) is 16.4. The van der Waals surface area contributed by atoms with E-state index in [1.54, 1.807) is 14.2 Å². The molecular formula is C30H32N2O2. The van der Waals surface area contributed by atoms with Gasteiger partial charge in [-0.05, 0) is 53.1 Å². The molecule has 4 heteroatoms. The summed E-state index contributed by atoms with van der Waals surface area (Å²) in [6.45, 7) is 0. The van der Waals surface area contributed by atoms with Crippen molar-refractivity contribution < 1.29 is 9.47 Å². The van der Waals surface area contributed by atoms with Gasteiger partial charge in [0.1, 0.15) is 11.5 Å². The molecule has 174 valence electrons. The highest BCUT2D eigenvalue weighted by Gasteiger charge is 2.14. The van der Waals surface area contributed by atoms with Crippen LogP contribution in [0.4, 0.5) is 11.4 Å². The molecule has 0 aliphatic heterocycles. The number of anilines is 2. The van der Waals surface area contributed by atoms with E-state index in [-0.39, 0.29) is 0 Å². The van der Waals surface area contributed by atoms with Gasteiger partial charge in [0.05, 0.1) is 14.2 Å². The van der Waals surface area contributed by atoms with Crippen LogP contribution in [0.1, 0.15) is 16.7 Å². The Morgan fingerprint density at radius 3 is 1.59 bits per heavy atom. The summed E-state index contributed by atoms with van der Waals surface area (Å²) in [5.41, 5.74) is 6.69. The number of hydrogen-bond donors (Lipinski definition) is 0. The molecule has 0 aliphatic rings. The average Bonchev–Trinajstić information content (AvgIpc) is 2.86. The largest absolute Gasteiger partial charge is 0.496 e. The number of ether oxygens (including phenoxy) is 2. The van der Waals surface area contributed by atoms with Crippen LogP contribution in [-0.4, -0.2) is 42.4 Å². The highest BCUT2D eigenvalue weighted by molar-refractivity contribution is 6.00. The molecule has 0 aliphatic carbocycles. The molecule has 0 fully saturated rings. The second-order valence-corrected chi connectivity index (χ2v) is 8.69. The minimum absolute atomic E-state index is 0.827. The number of rotatable bonds is 7. The monoisotopic (exact) mass is 452 g/mol. The van der Waals surface area contributed by atoms with Crippen molar-refractivity contribution >= 4 is 33.8 Å². The standard InChI is InChI=1S/C30H32N2O2/c1-31(2)24-15-11-21(12-16-24)28(22-13-17-25(18-14-22)32(3)4)19-23-20-29(33-5)26-9-7-8-10-27(26)30(23)34-6/h7-20H,1-6H3. The van der Waals surface area contributed by atoms with Gasteiger partial charge in [-0.15, -0.1) is 0 Å². The Morgan fingerprint density at radius 1 is 0.647 bits per heavy atom. The van der Waals surface area contributed by atoms with E-state index in [0.29, 0.717) is 0 Å². The van der Waals surface area contributed by atoms with Gasteiger partial charge in [-0.3, -0.25) is 0 Å². The van der Waals surface area contributed by atoms with Crippen LogP contribution in [0.2, 0.25) is 0 Å². The zero-order valence-electron chi connectivity index (χ0n) is 20.8. The van der Waals surface area contributed by atoms with Crippen molar-refractivity contribution in [3.05, 3.63) is 95.6 Å². The number of nitrogens with zero attached hydrogens (tertiary/aromatic N) is 2. The van der Waals surface area contributed by atoms with E-state index >= 15 is 0 Å². The number of benzene rings is 4. The van der Waals surface area contributed by atoms with E-state index in [0.717, 1.165) is 55.9 Å². The van der Waals surface area contributed by atoms with Crippen LogP contribution < -0.4 is 19.3 Å². The molecule has 0 atom stereocenters. The lowest BCUT2D eigenvalue weighted by Crippen LogP contribution is -2.08. The molecule has 0 bridgehead atoms. The molecule has 4 nitrogen and oxygen atoms in total. The van der Waals surface area contributed by atoms with Gasteiger partial charge in [-0.1, -0.05) is 48.5 Å². The van der Waals surface area contributed by atoms with Crippen molar-refractivity contribution in [1.29, 1.82) is 0 Å². The molecule has 0 amide bonds. The summed E-state index contributed by atoms with van der Waals surface area (Å²) in [6.07, 6.45) is 2.20. The first-order valence-corrected chi connectivity index (χ1v) is 11.3. The topological polar surface area (TPSA) is 24.9 Å². The van der Waals surface area contributed by atoms with Crippen molar-refractivity contribution in [1.82, 2.24) is 0 Å². The van der Waals surface area contributed by atoms with Crippen LogP contribution in [-0.2, 0) is 0 Å². The smallest absolute Gasteiger partial charge is 0.134 e. The molecule has 4 aromatic carbocycles. The van der Waals surface area contributed by atoms with E-state index < -0.39 is 0 Å². The Balaban J connectivity index is 1.94. The van der Waals surface area contributed by atoms with Crippen molar-refractivity contribution in [3.63, 3.8) is 0 Å². The Morgan fingerprint density at radius 2 is 1.15 bits per heavy atom. The third-order valence-electron chi connectivity index (χ3n) is 6.10. The van der Waals surface area contributed by atoms with Crippen LogP contribution in [0.15, 0.2) is 78.9 Å². The zero-order chi connectivity index (χ0) is 24.2. The first-order valence-electron chi connectivity index (χ1n) is 11.3. The number of fused-ring (bicyclic) bond motifs is 1. The van der Waals surface area contributed by atoms with E-state index in [1.165, 1.54) is 0 Å². The molecule has 0 spiro atoms. The fourth-order valence-corrected chi connectivity index (χ4v) is 4.21. The molecule has 0 heterocycles. The first kappa shape index (κ1) is 23.2. The lowest BCUT2D eigenvalue weighted by molar-refractivity contribution is 0.410. The zero-order valence-corrected chi connectivity index (χ0v) is 20.8. The Bertz CT molecular complexity index is 1250. The summed E-state index contributed by atoms with van der Waals surface area (Å²) in [4.78, 5) is 4.21. The summed E-state index contributed by atoms with van der Waals surface area (Å²) in [6, 6.07) is 27.5. The lowest BCUT2D eigenvalue weighted by atomic mass is 9.93. The second kappa shape index (κ2) is 9.92. The quantitative estimate of drug-likeness (QED) is 0.296. The Kier molecular flexibility index (Phi) is 6.78. The fraction of sp³-hybridized carbons (Fsp3) is 0.200. The fourth-order valence-electron chi connectivity index (χ4n) is 4.21. The molecule has 0 aromatic heterocycles. The molecule has 0 saturated carbocycles. The van der Waals surface area contributed by atoms with Crippen LogP contribution in [0.3, 0.4) is 0 Å². The maximum Gasteiger partial charge on any atom is 0.134 e. The van der Waals surface area contributed by atoms with Crippen molar-refractivity contribution in [2.24, 2.45) is 0 Å². The molecule has 0 N–H and O–H groups in total. The van der Waals surface area contributed by atoms with E-state index in [4.69, 9.17) is 9.47 Å². The van der Waals surface area contributed by atoms with E-state index in [1.807, 2.05) is 12.1 Å². The van der Waals surface area contributed by atoms with Crippen LogP contribution in [0.25, 0.3) is 22.4 Å². The summed E-state index contributed by atoms with van der Waals surface area (Å²) in [5.74, 6) is 1.66. The van der Waals surface area contributed by atoms with Crippen molar-refractivity contribution in [3.8, 4) is 11.5 Å². The minimum Gasteiger partial charge on any atom is -0.496 e. The normalized spacial score (nSPS) is 10.6. The van der Waals surface area contributed by atoms with Gasteiger partial charge in [0, 0.05) is 55.9 Å². The average molecular weight is 453 g/mol. The summed E-state index contributed by atoms with van der Waals surface area (Å²) in [7, 11) is 11.7. The summed E-state index contributed by atoms with van der Waals surface area (Å²) < 4.78 is 11.7. The predicted octanol–water partition coefficient (Wildman–Crippen LogP) is 6.58. The molecule has 34 heavy (non-hydrogen) atoms. The highest BCUT2D eigenvalue weighted by atomic mass is 16.5. The van der Waals surface area contributed by atoms with Crippen molar-refractivity contribution in [2.45, 2.75) is 0 Å².